The normalized spacial score (nSPS) is 11.8. The average molecular weight is 398 g/mol. The van der Waals surface area contributed by atoms with Gasteiger partial charge in [0.2, 0.25) is 0 Å². The molecule has 2 aromatic carbocycles. The minimum Gasteiger partial charge on any atom is -0.395 e. The molecular weight excluding hydrogens is 381 g/mol. The van der Waals surface area contributed by atoms with Crippen LogP contribution in [0, 0.1) is 10.1 Å². The first-order valence-electron chi connectivity index (χ1n) is 8.10. The van der Waals surface area contributed by atoms with Crippen LogP contribution in [0.25, 0.3) is 0 Å². The number of anilines is 1. The Balaban J connectivity index is 2.22. The Morgan fingerprint density at radius 1 is 0.964 bits per heavy atom. The lowest BCUT2D eigenvalue weighted by Crippen LogP contribution is -2.29. The lowest BCUT2D eigenvalue weighted by atomic mass is 10.1. The number of nitro benzene ring substituents is 1. The van der Waals surface area contributed by atoms with Crippen LogP contribution < -0.4 is 4.90 Å². The molecule has 0 heterocycles. The Morgan fingerprint density at radius 3 is 2.00 bits per heavy atom. The van der Waals surface area contributed by atoms with Gasteiger partial charge in [0.25, 0.3) is 5.69 Å². The molecule has 0 saturated carbocycles. The summed E-state index contributed by atoms with van der Waals surface area (Å²) in [4.78, 5) is 11.4. The molecule has 0 amide bonds. The molecule has 0 saturated heterocycles. The first-order chi connectivity index (χ1) is 13.3. The molecule has 0 unspecified atom stereocenters. The fraction of sp³-hybridized carbons (Fsp3) is 0.294. The summed E-state index contributed by atoms with van der Waals surface area (Å²) in [6.07, 6.45) is -4.89. The number of benzene rings is 2. The van der Waals surface area contributed by atoms with Crippen LogP contribution in [0.1, 0.15) is 5.56 Å². The number of nitrogens with zero attached hydrogens (tertiary/aromatic N) is 4. The van der Waals surface area contributed by atoms with Gasteiger partial charge in [-0.05, 0) is 36.4 Å². The summed E-state index contributed by atoms with van der Waals surface area (Å²) >= 11 is 0. The molecule has 2 rings (SSSR count). The number of rotatable bonds is 8. The van der Waals surface area contributed by atoms with Gasteiger partial charge >= 0.3 is 6.18 Å². The highest BCUT2D eigenvalue weighted by Crippen LogP contribution is 2.38. The van der Waals surface area contributed by atoms with Crippen molar-refractivity contribution in [2.24, 2.45) is 10.2 Å². The number of hydrogen-bond donors (Lipinski definition) is 2. The van der Waals surface area contributed by atoms with Gasteiger partial charge in [0.15, 0.2) is 0 Å². The Bertz CT molecular complexity index is 835. The number of halogens is 3. The monoisotopic (exact) mass is 398 g/mol. The maximum Gasteiger partial charge on any atom is 0.423 e. The smallest absolute Gasteiger partial charge is 0.395 e. The number of aliphatic hydroxyl groups excluding tert-OH is 2. The molecule has 0 spiro atoms. The fourth-order valence-corrected chi connectivity index (χ4v) is 2.43. The maximum absolute atomic E-state index is 13.0. The van der Waals surface area contributed by atoms with Crippen molar-refractivity contribution in [2.75, 3.05) is 31.2 Å². The van der Waals surface area contributed by atoms with E-state index in [4.69, 9.17) is 10.2 Å². The number of nitro groups is 1. The summed E-state index contributed by atoms with van der Waals surface area (Å²) < 4.78 is 38.9. The van der Waals surface area contributed by atoms with Crippen molar-refractivity contribution in [3.63, 3.8) is 0 Å². The highest BCUT2D eigenvalue weighted by molar-refractivity contribution is 5.54. The molecule has 0 fully saturated rings. The first kappa shape index (κ1) is 21.3. The summed E-state index contributed by atoms with van der Waals surface area (Å²) in [5.41, 5.74) is -1.55. The van der Waals surface area contributed by atoms with Crippen LogP contribution in [0.4, 0.5) is 35.9 Å². The van der Waals surface area contributed by atoms with Gasteiger partial charge < -0.3 is 15.1 Å². The van der Waals surface area contributed by atoms with E-state index < -0.39 is 22.4 Å². The van der Waals surface area contributed by atoms with Gasteiger partial charge in [-0.3, -0.25) is 10.1 Å². The Labute approximate surface area is 157 Å². The van der Waals surface area contributed by atoms with E-state index >= 15 is 0 Å². The second kappa shape index (κ2) is 9.24. The molecule has 0 aliphatic heterocycles. The molecule has 0 atom stereocenters. The van der Waals surface area contributed by atoms with Crippen molar-refractivity contribution in [1.29, 1.82) is 0 Å². The van der Waals surface area contributed by atoms with Crippen LogP contribution in [0.5, 0.6) is 0 Å². The number of alkyl halides is 3. The van der Waals surface area contributed by atoms with Gasteiger partial charge in [-0.25, -0.2) is 0 Å². The summed E-state index contributed by atoms with van der Waals surface area (Å²) in [6, 6.07) is 8.85. The molecule has 2 aromatic rings. The molecule has 0 radical (unpaired) electrons. The zero-order valence-corrected chi connectivity index (χ0v) is 14.5. The zero-order chi connectivity index (χ0) is 20.7. The van der Waals surface area contributed by atoms with Crippen LogP contribution in [0.15, 0.2) is 52.7 Å². The van der Waals surface area contributed by atoms with Crippen molar-refractivity contribution in [3.8, 4) is 0 Å². The van der Waals surface area contributed by atoms with Crippen LogP contribution in [0.3, 0.4) is 0 Å². The quantitative estimate of drug-likeness (QED) is 0.399. The van der Waals surface area contributed by atoms with Crippen molar-refractivity contribution in [3.05, 3.63) is 58.1 Å². The van der Waals surface area contributed by atoms with E-state index in [2.05, 4.69) is 10.2 Å². The predicted octanol–water partition coefficient (Wildman–Crippen LogP) is 3.82. The van der Waals surface area contributed by atoms with Gasteiger partial charge in [-0.15, -0.1) is 0 Å². The molecule has 0 aliphatic carbocycles. The minimum atomic E-state index is -4.89. The fourth-order valence-electron chi connectivity index (χ4n) is 2.43. The molecule has 2 N–H and O–H groups in total. The van der Waals surface area contributed by atoms with Gasteiger partial charge in [-0.2, -0.15) is 23.4 Å². The zero-order valence-electron chi connectivity index (χ0n) is 14.5. The second-order valence-corrected chi connectivity index (χ2v) is 5.61. The number of aliphatic hydroxyl groups is 2. The van der Waals surface area contributed by atoms with E-state index in [0.29, 0.717) is 24.8 Å². The molecule has 28 heavy (non-hydrogen) atoms. The highest BCUT2D eigenvalue weighted by atomic mass is 19.4. The summed E-state index contributed by atoms with van der Waals surface area (Å²) in [6.45, 7) is 0.459. The SMILES string of the molecule is O=[N+]([O-])c1ccc(/N=N/c2ccc(N(CCO)CCO)cc2)cc1C(F)(F)F. The molecule has 8 nitrogen and oxygen atoms in total. The molecular formula is C17H17F3N4O4. The molecule has 0 aromatic heterocycles. The summed E-state index contributed by atoms with van der Waals surface area (Å²) in [7, 11) is 0. The number of hydrogen-bond acceptors (Lipinski definition) is 7. The topological polar surface area (TPSA) is 112 Å². The van der Waals surface area contributed by atoms with Crippen molar-refractivity contribution in [2.45, 2.75) is 6.18 Å². The Kier molecular flexibility index (Phi) is 7.01. The Morgan fingerprint density at radius 2 is 1.50 bits per heavy atom. The third-order valence-corrected chi connectivity index (χ3v) is 3.72. The lowest BCUT2D eigenvalue weighted by Gasteiger charge is -2.22. The molecule has 150 valence electrons. The summed E-state index contributed by atoms with van der Waals surface area (Å²) in [5, 5.41) is 36.4. The molecule has 0 bridgehead atoms. The van der Waals surface area contributed by atoms with Crippen molar-refractivity contribution in [1.82, 2.24) is 0 Å². The first-order valence-corrected chi connectivity index (χ1v) is 8.10. The third kappa shape index (κ3) is 5.47. The van der Waals surface area contributed by atoms with E-state index in [1.807, 2.05) is 0 Å². The van der Waals surface area contributed by atoms with Gasteiger partial charge in [0.05, 0.1) is 29.5 Å². The predicted molar refractivity (Wildman–Crippen MR) is 95.1 cm³/mol. The standard InChI is InChI=1S/C17H17F3N4O4/c18-17(19,20)15-11-13(3-6-16(15)24(27)28)22-21-12-1-4-14(5-2-12)23(7-9-25)8-10-26/h1-6,11,25-26H,7-10H2/b22-21+. The minimum absolute atomic E-state index is 0.0941. The average Bonchev–Trinajstić information content (AvgIpc) is 2.65. The van der Waals surface area contributed by atoms with Gasteiger partial charge in [0.1, 0.15) is 5.56 Å². The highest BCUT2D eigenvalue weighted by Gasteiger charge is 2.38. The maximum atomic E-state index is 13.0. The van der Waals surface area contributed by atoms with Crippen molar-refractivity contribution >= 4 is 22.7 Å². The van der Waals surface area contributed by atoms with Crippen LogP contribution in [0.2, 0.25) is 0 Å². The van der Waals surface area contributed by atoms with Gasteiger partial charge in [-0.1, -0.05) is 0 Å². The van der Waals surface area contributed by atoms with E-state index in [9.17, 15) is 23.3 Å². The van der Waals surface area contributed by atoms with E-state index in [0.717, 1.165) is 17.8 Å². The largest absolute Gasteiger partial charge is 0.423 e. The molecule has 11 heteroatoms. The molecule has 0 aliphatic rings. The van der Waals surface area contributed by atoms with Crippen LogP contribution in [-0.4, -0.2) is 41.4 Å². The second-order valence-electron chi connectivity index (χ2n) is 5.61. The third-order valence-electron chi connectivity index (χ3n) is 3.72. The van der Waals surface area contributed by atoms with E-state index in [1.54, 1.807) is 29.2 Å². The Hall–Kier alpha value is -3.05. The van der Waals surface area contributed by atoms with Crippen molar-refractivity contribution < 1.29 is 28.3 Å². The lowest BCUT2D eigenvalue weighted by molar-refractivity contribution is -0.388. The van der Waals surface area contributed by atoms with Gasteiger partial charge in [0, 0.05) is 24.8 Å². The van der Waals surface area contributed by atoms with Crippen LogP contribution in [-0.2, 0) is 6.18 Å². The number of azo groups is 1. The van der Waals surface area contributed by atoms with E-state index in [1.165, 1.54) is 0 Å². The van der Waals surface area contributed by atoms with E-state index in [-0.39, 0.29) is 18.9 Å². The summed E-state index contributed by atoms with van der Waals surface area (Å²) in [5.74, 6) is 0. The van der Waals surface area contributed by atoms with Crippen LogP contribution >= 0.6 is 0 Å².